The van der Waals surface area contributed by atoms with Crippen molar-refractivity contribution in [3.05, 3.63) is 73.6 Å². The van der Waals surface area contributed by atoms with Crippen molar-refractivity contribution in [2.45, 2.75) is 0 Å². The number of benzene rings is 2. The van der Waals surface area contributed by atoms with Gasteiger partial charge in [0.1, 0.15) is 5.75 Å². The average molecular weight is 309 g/mol. The molecule has 3 aromatic rings. The van der Waals surface area contributed by atoms with Gasteiger partial charge in [0, 0.05) is 0 Å². The molecule has 110 valence electrons. The molecule has 2 aromatic carbocycles. The number of H-pyrrole nitrogens is 1. The zero-order valence-corrected chi connectivity index (χ0v) is 12.9. The standard InChI is InChI=1S/C18H15NO2S/c1-12-19-18(20)17(22-12)11-14-5-3-4-6-16(14)13-7-9-15(21-2)10-8-13/h3-11H,1H2,2H3,(H,19,20)/b17-11-. The van der Waals surface area contributed by atoms with Crippen LogP contribution in [0.1, 0.15) is 5.56 Å². The molecule has 0 aliphatic rings. The number of aromatic amines is 1. The van der Waals surface area contributed by atoms with Crippen LogP contribution in [0.2, 0.25) is 0 Å². The van der Waals surface area contributed by atoms with Gasteiger partial charge < -0.3 is 9.72 Å². The van der Waals surface area contributed by atoms with Crippen LogP contribution in [0.25, 0.3) is 23.8 Å². The molecule has 0 atom stereocenters. The highest BCUT2D eigenvalue weighted by Crippen LogP contribution is 2.26. The van der Waals surface area contributed by atoms with E-state index in [1.807, 2.05) is 54.6 Å². The van der Waals surface area contributed by atoms with E-state index in [1.54, 1.807) is 7.11 Å². The summed E-state index contributed by atoms with van der Waals surface area (Å²) in [6.45, 7) is 3.77. The Hall–Kier alpha value is -2.59. The number of methoxy groups -OCH3 is 1. The van der Waals surface area contributed by atoms with E-state index in [4.69, 9.17) is 4.74 Å². The van der Waals surface area contributed by atoms with Crippen LogP contribution in [0.4, 0.5) is 0 Å². The van der Waals surface area contributed by atoms with Gasteiger partial charge in [-0.05, 0) is 34.9 Å². The van der Waals surface area contributed by atoms with Gasteiger partial charge in [-0.1, -0.05) is 43.0 Å². The second-order valence-electron chi connectivity index (χ2n) is 4.80. The number of nitrogens with one attached hydrogen (secondary N) is 1. The first-order valence-corrected chi connectivity index (χ1v) is 7.62. The number of hydrogen-bond acceptors (Lipinski definition) is 3. The smallest absolute Gasteiger partial charge is 0.266 e. The minimum absolute atomic E-state index is 0.0977. The van der Waals surface area contributed by atoms with Crippen LogP contribution < -0.4 is 19.5 Å². The fourth-order valence-corrected chi connectivity index (χ4v) is 3.02. The second kappa shape index (κ2) is 6.03. The highest BCUT2D eigenvalue weighted by atomic mass is 32.1. The summed E-state index contributed by atoms with van der Waals surface area (Å²) in [6.07, 6.45) is 1.90. The Morgan fingerprint density at radius 1 is 1.14 bits per heavy atom. The summed E-state index contributed by atoms with van der Waals surface area (Å²) in [5, 5.41) is 0. The minimum Gasteiger partial charge on any atom is -0.497 e. The van der Waals surface area contributed by atoms with Gasteiger partial charge in [0.05, 0.1) is 16.3 Å². The number of ether oxygens (including phenoxy) is 1. The Bertz CT molecular complexity index is 952. The van der Waals surface area contributed by atoms with E-state index < -0.39 is 0 Å². The molecule has 1 N–H and O–H groups in total. The van der Waals surface area contributed by atoms with Crippen LogP contribution >= 0.6 is 11.3 Å². The van der Waals surface area contributed by atoms with Crippen LogP contribution in [0.15, 0.2) is 53.3 Å². The van der Waals surface area contributed by atoms with Gasteiger partial charge in [-0.3, -0.25) is 4.79 Å². The first-order chi connectivity index (χ1) is 10.7. The fourth-order valence-electron chi connectivity index (χ4n) is 2.29. The van der Waals surface area contributed by atoms with E-state index >= 15 is 0 Å². The molecule has 3 nitrogen and oxygen atoms in total. The molecule has 1 aromatic heterocycles. The summed E-state index contributed by atoms with van der Waals surface area (Å²) in [6, 6.07) is 15.9. The molecule has 0 saturated carbocycles. The number of thiazole rings is 1. The van der Waals surface area contributed by atoms with Crippen molar-refractivity contribution in [2.24, 2.45) is 0 Å². The molecule has 1 heterocycles. The van der Waals surface area contributed by atoms with Crippen molar-refractivity contribution in [3.63, 3.8) is 0 Å². The third-order valence-corrected chi connectivity index (χ3v) is 4.23. The van der Waals surface area contributed by atoms with Crippen LogP contribution in [-0.4, -0.2) is 12.1 Å². The summed E-state index contributed by atoms with van der Waals surface area (Å²) in [4.78, 5) is 14.5. The number of aromatic nitrogens is 1. The highest BCUT2D eigenvalue weighted by Gasteiger charge is 2.04. The maximum atomic E-state index is 11.8. The summed E-state index contributed by atoms with van der Waals surface area (Å²) in [5.41, 5.74) is 3.05. The molecule has 0 fully saturated rings. The molecule has 0 aliphatic carbocycles. The monoisotopic (exact) mass is 309 g/mol. The Morgan fingerprint density at radius 3 is 2.50 bits per heavy atom. The molecule has 0 bridgehead atoms. The number of rotatable bonds is 3. The Labute approximate surface area is 131 Å². The molecular formula is C18H15NO2S. The van der Waals surface area contributed by atoms with E-state index in [1.165, 1.54) is 11.3 Å². The maximum Gasteiger partial charge on any atom is 0.266 e. The second-order valence-corrected chi connectivity index (χ2v) is 5.94. The molecule has 22 heavy (non-hydrogen) atoms. The van der Waals surface area contributed by atoms with Gasteiger partial charge in [-0.15, -0.1) is 11.3 Å². The predicted molar refractivity (Wildman–Crippen MR) is 91.7 cm³/mol. The lowest BCUT2D eigenvalue weighted by Gasteiger charge is -2.07. The molecule has 0 unspecified atom stereocenters. The van der Waals surface area contributed by atoms with Crippen LogP contribution in [0.3, 0.4) is 0 Å². The first-order valence-electron chi connectivity index (χ1n) is 6.80. The largest absolute Gasteiger partial charge is 0.497 e. The van der Waals surface area contributed by atoms with E-state index in [9.17, 15) is 4.79 Å². The normalized spacial score (nSPS) is 11.6. The average Bonchev–Trinajstić information content (AvgIpc) is 2.86. The lowest BCUT2D eigenvalue weighted by Crippen LogP contribution is -2.19. The van der Waals surface area contributed by atoms with Gasteiger partial charge in [0.25, 0.3) is 5.56 Å². The third kappa shape index (κ3) is 2.87. The molecule has 0 aliphatic heterocycles. The Morgan fingerprint density at radius 2 is 1.86 bits per heavy atom. The topological polar surface area (TPSA) is 42.1 Å². The molecule has 3 rings (SSSR count). The predicted octanol–water partition coefficient (Wildman–Crippen LogP) is 2.35. The molecule has 0 spiro atoms. The summed E-state index contributed by atoms with van der Waals surface area (Å²) in [7, 11) is 1.65. The Balaban J connectivity index is 2.14. The molecule has 0 radical (unpaired) electrons. The zero-order chi connectivity index (χ0) is 15.5. The van der Waals surface area contributed by atoms with E-state index in [-0.39, 0.29) is 5.56 Å². The van der Waals surface area contributed by atoms with Gasteiger partial charge in [0.2, 0.25) is 0 Å². The maximum absolute atomic E-state index is 11.8. The van der Waals surface area contributed by atoms with Crippen LogP contribution in [0.5, 0.6) is 5.75 Å². The zero-order valence-electron chi connectivity index (χ0n) is 12.1. The molecule has 4 heteroatoms. The lowest BCUT2D eigenvalue weighted by molar-refractivity contribution is 0.415. The summed E-state index contributed by atoms with van der Waals surface area (Å²) in [5.74, 6) is 0.821. The van der Waals surface area contributed by atoms with Crippen molar-refractivity contribution in [1.82, 2.24) is 4.98 Å². The van der Waals surface area contributed by atoms with Crippen molar-refractivity contribution < 1.29 is 4.74 Å². The highest BCUT2D eigenvalue weighted by molar-refractivity contribution is 7.07. The summed E-state index contributed by atoms with van der Waals surface area (Å²) < 4.78 is 6.51. The lowest BCUT2D eigenvalue weighted by atomic mass is 9.99. The fraction of sp³-hybridized carbons (Fsp3) is 0.0556. The van der Waals surface area contributed by atoms with E-state index in [0.717, 1.165) is 22.4 Å². The molecule has 0 saturated heterocycles. The van der Waals surface area contributed by atoms with Crippen LogP contribution in [0, 0.1) is 0 Å². The van der Waals surface area contributed by atoms with Gasteiger partial charge in [0.15, 0.2) is 0 Å². The molecule has 0 amide bonds. The minimum atomic E-state index is -0.0977. The SMILES string of the molecule is C=c1[nH]c(=O)/c(=C/c2ccccc2-c2ccc(OC)cc2)s1. The van der Waals surface area contributed by atoms with Crippen LogP contribution in [-0.2, 0) is 0 Å². The first kappa shape index (κ1) is 14.4. The van der Waals surface area contributed by atoms with E-state index in [2.05, 4.69) is 11.6 Å². The van der Waals surface area contributed by atoms with Crippen molar-refractivity contribution in [1.29, 1.82) is 0 Å². The van der Waals surface area contributed by atoms with E-state index in [0.29, 0.717) is 9.20 Å². The van der Waals surface area contributed by atoms with Gasteiger partial charge in [-0.25, -0.2) is 0 Å². The third-order valence-electron chi connectivity index (χ3n) is 3.36. The van der Waals surface area contributed by atoms with Crippen molar-refractivity contribution in [2.75, 3.05) is 7.11 Å². The summed E-state index contributed by atoms with van der Waals surface area (Å²) >= 11 is 1.36. The number of hydrogen-bond donors (Lipinski definition) is 1. The van der Waals surface area contributed by atoms with Gasteiger partial charge >= 0.3 is 0 Å². The Kier molecular flexibility index (Phi) is 3.94. The van der Waals surface area contributed by atoms with Crippen molar-refractivity contribution in [3.8, 4) is 16.9 Å². The molecular weight excluding hydrogens is 294 g/mol. The van der Waals surface area contributed by atoms with Gasteiger partial charge in [-0.2, -0.15) is 0 Å². The van der Waals surface area contributed by atoms with Crippen molar-refractivity contribution >= 4 is 24.0 Å². The quantitative estimate of drug-likeness (QED) is 0.807.